The maximum atomic E-state index is 10.8. The van der Waals surface area contributed by atoms with Crippen LogP contribution in [0.3, 0.4) is 0 Å². The number of hydrogen-bond donors (Lipinski definition) is 2. The van der Waals surface area contributed by atoms with E-state index >= 15 is 0 Å². The normalized spacial score (nSPS) is 19.9. The molecule has 3 N–H and O–H groups in total. The van der Waals surface area contributed by atoms with Crippen molar-refractivity contribution in [1.82, 2.24) is 10.5 Å². The van der Waals surface area contributed by atoms with Crippen LogP contribution in [0.2, 0.25) is 0 Å². The van der Waals surface area contributed by atoms with Crippen LogP contribution in [-0.4, -0.2) is 16.8 Å². The van der Waals surface area contributed by atoms with E-state index in [1.165, 1.54) is 0 Å². The third-order valence-electron chi connectivity index (χ3n) is 1.41. The lowest BCUT2D eigenvalue weighted by molar-refractivity contribution is -0.152. The Bertz CT molecular complexity index is 152. The average molecular weight is 143 g/mol. The summed E-state index contributed by atoms with van der Waals surface area (Å²) in [6, 6.07) is 0. The van der Waals surface area contributed by atoms with E-state index in [0.29, 0.717) is 19.3 Å². The number of nitrogens with zero attached hydrogens (tertiary/aromatic N) is 1. The Morgan fingerprint density at radius 1 is 1.30 bits per heavy atom. The Morgan fingerprint density at radius 2 is 1.80 bits per heavy atom. The molecule has 1 saturated heterocycles. The molecule has 2 amide bonds. The first-order valence-electron chi connectivity index (χ1n) is 3.07. The van der Waals surface area contributed by atoms with Crippen LogP contribution >= 0.6 is 0 Å². The fourth-order valence-corrected chi connectivity index (χ4v) is 0.898. The second-order valence-corrected chi connectivity index (χ2v) is 2.11. The molecule has 10 heavy (non-hydrogen) atoms. The molecule has 5 heteroatoms. The van der Waals surface area contributed by atoms with Gasteiger partial charge in [-0.05, 0) is 6.42 Å². The second kappa shape index (κ2) is 2.76. The van der Waals surface area contributed by atoms with Gasteiger partial charge >= 0.3 is 0 Å². The first-order chi connectivity index (χ1) is 4.75. The molecule has 0 saturated carbocycles. The van der Waals surface area contributed by atoms with Crippen LogP contribution in [0.4, 0.5) is 0 Å². The molecule has 1 aliphatic rings. The van der Waals surface area contributed by atoms with Crippen LogP contribution in [0.5, 0.6) is 0 Å². The lowest BCUT2D eigenvalue weighted by atomic mass is 10.1. The van der Waals surface area contributed by atoms with Gasteiger partial charge < -0.3 is 0 Å². The van der Waals surface area contributed by atoms with Gasteiger partial charge in [-0.2, -0.15) is 10.5 Å². The largest absolute Gasteiger partial charge is 0.273 e. The van der Waals surface area contributed by atoms with Gasteiger partial charge in [-0.1, -0.05) is 0 Å². The van der Waals surface area contributed by atoms with Crippen molar-refractivity contribution in [2.75, 3.05) is 0 Å². The number of hydrogen-bond acceptors (Lipinski definition) is 4. The minimum Gasteiger partial charge on any atom is -0.273 e. The van der Waals surface area contributed by atoms with Gasteiger partial charge in [-0.3, -0.25) is 15.4 Å². The van der Waals surface area contributed by atoms with Gasteiger partial charge in [0.25, 0.3) is 0 Å². The summed E-state index contributed by atoms with van der Waals surface area (Å²) in [5.74, 6) is 4.42. The van der Waals surface area contributed by atoms with E-state index in [1.807, 2.05) is 5.53 Å². The number of amides is 2. The number of nitrogens with one attached hydrogen (secondary N) is 1. The number of rotatable bonds is 1. The number of hydrazine groups is 2. The SMILES string of the molecule is NNN1C(=O)CCCC1=O. The molecule has 1 fully saturated rings. The maximum Gasteiger partial charge on any atom is 0.244 e. The molecule has 0 unspecified atom stereocenters. The van der Waals surface area contributed by atoms with Gasteiger partial charge in [0.15, 0.2) is 0 Å². The van der Waals surface area contributed by atoms with E-state index < -0.39 is 0 Å². The predicted octanol–water partition coefficient (Wildman–Crippen LogP) is -1.10. The third kappa shape index (κ3) is 1.14. The smallest absolute Gasteiger partial charge is 0.244 e. The van der Waals surface area contributed by atoms with E-state index in [4.69, 9.17) is 5.84 Å². The first kappa shape index (κ1) is 7.17. The minimum atomic E-state index is -0.251. The Kier molecular flexibility index (Phi) is 1.98. The molecule has 0 spiro atoms. The van der Waals surface area contributed by atoms with Crippen LogP contribution < -0.4 is 11.4 Å². The quantitative estimate of drug-likeness (QED) is 0.277. The molecule has 1 rings (SSSR count). The van der Waals surface area contributed by atoms with E-state index in [0.717, 1.165) is 5.01 Å². The van der Waals surface area contributed by atoms with Crippen LogP contribution in [0.1, 0.15) is 19.3 Å². The van der Waals surface area contributed by atoms with Gasteiger partial charge in [0.2, 0.25) is 11.8 Å². The number of nitrogens with two attached hydrogens (primary N) is 1. The zero-order valence-corrected chi connectivity index (χ0v) is 5.46. The molecule has 56 valence electrons. The monoisotopic (exact) mass is 143 g/mol. The van der Waals surface area contributed by atoms with Crippen molar-refractivity contribution in [3.05, 3.63) is 0 Å². The number of imide groups is 1. The molecule has 5 nitrogen and oxygen atoms in total. The molecule has 0 aliphatic carbocycles. The average Bonchev–Trinajstić information content (AvgIpc) is 1.88. The lowest BCUT2D eigenvalue weighted by Crippen LogP contribution is -2.52. The van der Waals surface area contributed by atoms with Gasteiger partial charge in [-0.25, -0.2) is 0 Å². The molecule has 0 bridgehead atoms. The molecular formula is C5H9N3O2. The summed E-state index contributed by atoms with van der Waals surface area (Å²) in [5, 5.41) is 0.851. The van der Waals surface area contributed by atoms with Crippen LogP contribution in [0, 0.1) is 0 Å². The van der Waals surface area contributed by atoms with Crippen LogP contribution in [0.25, 0.3) is 0 Å². The minimum absolute atomic E-state index is 0.251. The zero-order valence-electron chi connectivity index (χ0n) is 5.46. The fraction of sp³-hybridized carbons (Fsp3) is 0.600. The van der Waals surface area contributed by atoms with Gasteiger partial charge in [0.1, 0.15) is 0 Å². The van der Waals surface area contributed by atoms with Crippen molar-refractivity contribution in [3.8, 4) is 0 Å². The summed E-state index contributed by atoms with van der Waals surface area (Å²) in [7, 11) is 0. The summed E-state index contributed by atoms with van der Waals surface area (Å²) < 4.78 is 0. The van der Waals surface area contributed by atoms with Gasteiger partial charge in [0.05, 0.1) is 0 Å². The maximum absolute atomic E-state index is 10.8. The fourth-order valence-electron chi connectivity index (χ4n) is 0.898. The molecule has 0 aromatic heterocycles. The molecule has 0 aromatic rings. The molecule has 1 heterocycles. The van der Waals surface area contributed by atoms with E-state index in [1.54, 1.807) is 0 Å². The standard InChI is InChI=1S/C5H9N3O2/c6-7-8-4(9)2-1-3-5(8)10/h7H,1-3,6H2. The highest BCUT2D eigenvalue weighted by Gasteiger charge is 2.24. The number of piperidine rings is 1. The third-order valence-corrected chi connectivity index (χ3v) is 1.41. The lowest BCUT2D eigenvalue weighted by Gasteiger charge is -2.22. The van der Waals surface area contributed by atoms with Crippen molar-refractivity contribution < 1.29 is 9.59 Å². The van der Waals surface area contributed by atoms with Gasteiger partial charge in [-0.15, -0.1) is 0 Å². The predicted molar refractivity (Wildman–Crippen MR) is 33.0 cm³/mol. The van der Waals surface area contributed by atoms with Crippen molar-refractivity contribution >= 4 is 11.8 Å². The highest BCUT2D eigenvalue weighted by molar-refractivity contribution is 5.96. The number of carbonyl (C=O) groups is 2. The zero-order chi connectivity index (χ0) is 7.56. The highest BCUT2D eigenvalue weighted by Crippen LogP contribution is 2.08. The van der Waals surface area contributed by atoms with Crippen molar-refractivity contribution in [3.63, 3.8) is 0 Å². The summed E-state index contributed by atoms with van der Waals surface area (Å²) in [6.07, 6.45) is 1.43. The molecule has 1 aliphatic heterocycles. The second-order valence-electron chi connectivity index (χ2n) is 2.11. The van der Waals surface area contributed by atoms with Crippen molar-refractivity contribution in [1.29, 1.82) is 0 Å². The summed E-state index contributed by atoms with van der Waals surface area (Å²) in [4.78, 5) is 21.6. The topological polar surface area (TPSA) is 75.4 Å². The van der Waals surface area contributed by atoms with Crippen molar-refractivity contribution in [2.45, 2.75) is 19.3 Å². The molecule has 0 atom stereocenters. The molecule has 0 radical (unpaired) electrons. The van der Waals surface area contributed by atoms with Crippen LogP contribution in [-0.2, 0) is 9.59 Å². The Morgan fingerprint density at radius 3 is 2.10 bits per heavy atom. The molecule has 0 aromatic carbocycles. The Labute approximate surface area is 58.1 Å². The Hall–Kier alpha value is -0.940. The van der Waals surface area contributed by atoms with Gasteiger partial charge in [0, 0.05) is 12.8 Å². The van der Waals surface area contributed by atoms with Crippen LogP contribution in [0.15, 0.2) is 0 Å². The first-order valence-corrected chi connectivity index (χ1v) is 3.07. The van der Waals surface area contributed by atoms with E-state index in [-0.39, 0.29) is 11.8 Å². The summed E-state index contributed by atoms with van der Waals surface area (Å²) in [6.45, 7) is 0. The van der Waals surface area contributed by atoms with E-state index in [2.05, 4.69) is 0 Å². The van der Waals surface area contributed by atoms with Crippen molar-refractivity contribution in [2.24, 2.45) is 5.84 Å². The van der Waals surface area contributed by atoms with E-state index in [9.17, 15) is 9.59 Å². The Balaban J connectivity index is 2.62. The summed E-state index contributed by atoms with van der Waals surface area (Å²) in [5.41, 5.74) is 2.04. The highest BCUT2D eigenvalue weighted by atomic mass is 16.2. The molecular weight excluding hydrogens is 134 g/mol. The summed E-state index contributed by atoms with van der Waals surface area (Å²) >= 11 is 0. The number of carbonyl (C=O) groups excluding carboxylic acids is 2.